The van der Waals surface area contributed by atoms with Gasteiger partial charge in [0.2, 0.25) is 5.91 Å². The summed E-state index contributed by atoms with van der Waals surface area (Å²) in [6.45, 7) is 4.97. The Morgan fingerprint density at radius 2 is 2.05 bits per heavy atom. The molecule has 0 bridgehead atoms. The highest BCUT2D eigenvalue weighted by Crippen LogP contribution is 2.10. The molecule has 2 atom stereocenters. The van der Waals surface area contributed by atoms with Gasteiger partial charge in [-0.1, -0.05) is 6.92 Å². The highest BCUT2D eigenvalue weighted by atomic mass is 16.5. The zero-order valence-electron chi connectivity index (χ0n) is 11.9. The Kier molecular flexibility index (Phi) is 5.60. The molecular formula is C13H23N3O4. The number of nitrogens with one attached hydrogen (secondary N) is 2. The fraction of sp³-hybridized carbons (Fsp3) is 0.846. The number of hydrogen-bond donors (Lipinski definition) is 2. The molecule has 3 amide bonds. The van der Waals surface area contributed by atoms with Crippen LogP contribution in [0.15, 0.2) is 0 Å². The average Bonchev–Trinajstić information content (AvgIpc) is 2.97. The minimum Gasteiger partial charge on any atom is -0.379 e. The average molecular weight is 285 g/mol. The van der Waals surface area contributed by atoms with Gasteiger partial charge >= 0.3 is 6.03 Å². The lowest BCUT2D eigenvalue weighted by molar-refractivity contribution is -0.130. The van der Waals surface area contributed by atoms with Gasteiger partial charge < -0.3 is 25.0 Å². The van der Waals surface area contributed by atoms with Gasteiger partial charge in [0, 0.05) is 19.7 Å². The molecule has 2 aliphatic rings. The molecule has 2 unspecified atom stereocenters. The number of ether oxygens (including phenoxy) is 2. The maximum atomic E-state index is 12.3. The van der Waals surface area contributed by atoms with Crippen molar-refractivity contribution >= 4 is 11.9 Å². The van der Waals surface area contributed by atoms with Crippen LogP contribution in [0.4, 0.5) is 4.79 Å². The van der Waals surface area contributed by atoms with Crippen LogP contribution in [0.3, 0.4) is 0 Å². The minimum atomic E-state index is -0.544. The fourth-order valence-electron chi connectivity index (χ4n) is 2.34. The number of nitrogens with zero attached hydrogens (tertiary/aromatic N) is 1. The van der Waals surface area contributed by atoms with E-state index in [9.17, 15) is 9.59 Å². The number of carbonyl (C=O) groups excluding carboxylic acids is 2. The summed E-state index contributed by atoms with van der Waals surface area (Å²) in [6.07, 6.45) is 1.69. The van der Waals surface area contributed by atoms with Crippen molar-refractivity contribution in [3.8, 4) is 0 Å². The number of amides is 3. The van der Waals surface area contributed by atoms with Gasteiger partial charge in [0.1, 0.15) is 6.04 Å². The van der Waals surface area contributed by atoms with E-state index in [1.165, 1.54) is 0 Å². The Morgan fingerprint density at radius 1 is 1.25 bits per heavy atom. The van der Waals surface area contributed by atoms with Gasteiger partial charge in [-0.2, -0.15) is 0 Å². The molecule has 2 fully saturated rings. The van der Waals surface area contributed by atoms with E-state index in [1.54, 1.807) is 4.90 Å². The molecule has 2 aliphatic heterocycles. The molecule has 2 N–H and O–H groups in total. The summed E-state index contributed by atoms with van der Waals surface area (Å²) in [5.41, 5.74) is 0. The van der Waals surface area contributed by atoms with Crippen LogP contribution >= 0.6 is 0 Å². The molecule has 0 radical (unpaired) electrons. The summed E-state index contributed by atoms with van der Waals surface area (Å²) in [5, 5.41) is 5.73. The molecule has 0 aromatic heterocycles. The Hall–Kier alpha value is -1.34. The van der Waals surface area contributed by atoms with E-state index < -0.39 is 6.04 Å². The van der Waals surface area contributed by atoms with Crippen molar-refractivity contribution in [1.29, 1.82) is 0 Å². The molecule has 2 heterocycles. The predicted molar refractivity (Wildman–Crippen MR) is 72.4 cm³/mol. The maximum Gasteiger partial charge on any atom is 0.318 e. The molecule has 0 saturated carbocycles. The van der Waals surface area contributed by atoms with Crippen LogP contribution in [0.5, 0.6) is 0 Å². The van der Waals surface area contributed by atoms with Gasteiger partial charge in [0.15, 0.2) is 0 Å². The van der Waals surface area contributed by atoms with Gasteiger partial charge in [-0.3, -0.25) is 4.79 Å². The first-order chi connectivity index (χ1) is 9.72. The largest absolute Gasteiger partial charge is 0.379 e. The summed E-state index contributed by atoms with van der Waals surface area (Å²) >= 11 is 0. The van der Waals surface area contributed by atoms with Gasteiger partial charge in [0.05, 0.1) is 25.9 Å². The molecule has 0 aromatic rings. The van der Waals surface area contributed by atoms with Crippen LogP contribution in [-0.4, -0.2) is 68.4 Å². The molecule has 114 valence electrons. The Bertz CT molecular complexity index is 345. The molecule has 7 heteroatoms. The summed E-state index contributed by atoms with van der Waals surface area (Å²) in [7, 11) is 0. The van der Waals surface area contributed by atoms with E-state index in [0.717, 1.165) is 12.8 Å². The first-order valence-electron chi connectivity index (χ1n) is 7.22. The molecule has 0 aliphatic carbocycles. The van der Waals surface area contributed by atoms with E-state index in [2.05, 4.69) is 10.6 Å². The van der Waals surface area contributed by atoms with Crippen molar-refractivity contribution in [2.75, 3.05) is 39.5 Å². The third-order valence-electron chi connectivity index (χ3n) is 3.50. The van der Waals surface area contributed by atoms with Crippen molar-refractivity contribution in [3.63, 3.8) is 0 Å². The van der Waals surface area contributed by atoms with Crippen molar-refractivity contribution in [1.82, 2.24) is 15.5 Å². The topological polar surface area (TPSA) is 79.9 Å². The van der Waals surface area contributed by atoms with Crippen LogP contribution in [0.25, 0.3) is 0 Å². The zero-order valence-corrected chi connectivity index (χ0v) is 11.9. The molecule has 2 rings (SSSR count). The number of carbonyl (C=O) groups is 2. The zero-order chi connectivity index (χ0) is 14.4. The lowest BCUT2D eigenvalue weighted by Crippen LogP contribution is -2.59. The lowest BCUT2D eigenvalue weighted by atomic mass is 10.2. The highest BCUT2D eigenvalue weighted by Gasteiger charge is 2.33. The molecule has 7 nitrogen and oxygen atoms in total. The van der Waals surface area contributed by atoms with Gasteiger partial charge in [0.25, 0.3) is 0 Å². The number of urea groups is 1. The highest BCUT2D eigenvalue weighted by molar-refractivity contribution is 5.87. The van der Waals surface area contributed by atoms with Crippen LogP contribution in [0, 0.1) is 0 Å². The quantitative estimate of drug-likeness (QED) is 0.744. The molecule has 0 aromatic carbocycles. The number of rotatable bonds is 4. The van der Waals surface area contributed by atoms with Gasteiger partial charge in [-0.15, -0.1) is 0 Å². The van der Waals surface area contributed by atoms with Crippen molar-refractivity contribution < 1.29 is 19.1 Å². The van der Waals surface area contributed by atoms with Crippen LogP contribution in [0.1, 0.15) is 19.8 Å². The SMILES string of the molecule is CCCNC(=O)C1COCCN1C(=O)NC1CCOC1. The molecule has 2 saturated heterocycles. The van der Waals surface area contributed by atoms with E-state index in [-0.39, 0.29) is 24.6 Å². The van der Waals surface area contributed by atoms with Gasteiger partial charge in [-0.25, -0.2) is 4.79 Å². The Balaban J connectivity index is 1.91. The van der Waals surface area contributed by atoms with Crippen LogP contribution in [-0.2, 0) is 14.3 Å². The predicted octanol–water partition coefficient (Wildman–Crippen LogP) is -0.288. The standard InChI is InChI=1S/C13H23N3O4/c1-2-4-14-12(17)11-9-20-7-5-16(11)13(18)15-10-3-6-19-8-10/h10-11H,2-9H2,1H3,(H,14,17)(H,15,18). The van der Waals surface area contributed by atoms with Crippen LogP contribution < -0.4 is 10.6 Å². The normalized spacial score (nSPS) is 26.4. The minimum absolute atomic E-state index is 0.0460. The summed E-state index contributed by atoms with van der Waals surface area (Å²) in [6, 6.07) is -0.706. The fourth-order valence-corrected chi connectivity index (χ4v) is 2.34. The number of morpholine rings is 1. The van der Waals surface area contributed by atoms with Crippen LogP contribution in [0.2, 0.25) is 0 Å². The lowest BCUT2D eigenvalue weighted by Gasteiger charge is -2.35. The van der Waals surface area contributed by atoms with Crippen molar-refractivity contribution in [3.05, 3.63) is 0 Å². The summed E-state index contributed by atoms with van der Waals surface area (Å²) in [5.74, 6) is -0.149. The Labute approximate surface area is 119 Å². The second-order valence-electron chi connectivity index (χ2n) is 5.09. The summed E-state index contributed by atoms with van der Waals surface area (Å²) in [4.78, 5) is 25.9. The molecule has 0 spiro atoms. The van der Waals surface area contributed by atoms with E-state index >= 15 is 0 Å². The maximum absolute atomic E-state index is 12.3. The third kappa shape index (κ3) is 3.83. The third-order valence-corrected chi connectivity index (χ3v) is 3.50. The first kappa shape index (κ1) is 15.1. The number of hydrogen-bond acceptors (Lipinski definition) is 4. The van der Waals surface area contributed by atoms with E-state index in [1.807, 2.05) is 6.92 Å². The first-order valence-corrected chi connectivity index (χ1v) is 7.22. The molecule has 20 heavy (non-hydrogen) atoms. The van der Waals surface area contributed by atoms with Crippen molar-refractivity contribution in [2.45, 2.75) is 31.8 Å². The van der Waals surface area contributed by atoms with E-state index in [4.69, 9.17) is 9.47 Å². The van der Waals surface area contributed by atoms with Gasteiger partial charge in [-0.05, 0) is 12.8 Å². The Morgan fingerprint density at radius 3 is 2.75 bits per heavy atom. The smallest absolute Gasteiger partial charge is 0.318 e. The second kappa shape index (κ2) is 7.44. The van der Waals surface area contributed by atoms with E-state index in [0.29, 0.717) is 32.9 Å². The molecular weight excluding hydrogens is 262 g/mol. The van der Waals surface area contributed by atoms with Crippen molar-refractivity contribution in [2.24, 2.45) is 0 Å². The monoisotopic (exact) mass is 285 g/mol. The summed E-state index contributed by atoms with van der Waals surface area (Å²) < 4.78 is 10.6. The second-order valence-corrected chi connectivity index (χ2v) is 5.09.